The summed E-state index contributed by atoms with van der Waals surface area (Å²) in [6.45, 7) is 1.18. The highest BCUT2D eigenvalue weighted by Gasteiger charge is 2.55. The second-order valence-corrected chi connectivity index (χ2v) is 9.07. The fourth-order valence-corrected chi connectivity index (χ4v) is 5.36. The van der Waals surface area contributed by atoms with Gasteiger partial charge in [-0.2, -0.15) is 5.26 Å². The van der Waals surface area contributed by atoms with E-state index < -0.39 is 41.8 Å². The third-order valence-corrected chi connectivity index (χ3v) is 6.79. The molecule has 1 unspecified atom stereocenters. The Balaban J connectivity index is 1.98. The normalized spacial score (nSPS) is 26.9. The smallest absolute Gasteiger partial charge is 0.315 e. The lowest BCUT2D eigenvalue weighted by Crippen LogP contribution is -2.63. The van der Waals surface area contributed by atoms with Gasteiger partial charge in [0.05, 0.1) is 18.0 Å². The van der Waals surface area contributed by atoms with E-state index in [4.69, 9.17) is 5.73 Å². The Morgan fingerprint density at radius 3 is 2.32 bits per heavy atom. The Kier molecular flexibility index (Phi) is 5.57. The van der Waals surface area contributed by atoms with E-state index in [1.54, 1.807) is 0 Å². The number of rotatable bonds is 5. The molecule has 1 saturated heterocycles. The molecular formula is C20H30F2N4O2. The Morgan fingerprint density at radius 1 is 1.21 bits per heavy atom. The number of hydrogen-bond acceptors (Lipinski definition) is 3. The first kappa shape index (κ1) is 20.8. The maximum atomic E-state index is 14.1. The van der Waals surface area contributed by atoms with Crippen LogP contribution in [0.2, 0.25) is 0 Å². The summed E-state index contributed by atoms with van der Waals surface area (Å²) in [5.41, 5.74) is 4.33. The number of carbonyl (C=O) groups excluding carboxylic acids is 2. The lowest BCUT2D eigenvalue weighted by molar-refractivity contribution is -0.137. The van der Waals surface area contributed by atoms with E-state index in [2.05, 4.69) is 11.4 Å². The van der Waals surface area contributed by atoms with Gasteiger partial charge in [-0.3, -0.25) is 4.79 Å². The topological polar surface area (TPSA) is 99.2 Å². The average Bonchev–Trinajstić information content (AvgIpc) is 3.39. The van der Waals surface area contributed by atoms with Gasteiger partial charge >= 0.3 is 6.03 Å². The molecule has 8 heteroatoms. The van der Waals surface area contributed by atoms with Crippen molar-refractivity contribution < 1.29 is 18.4 Å². The zero-order valence-corrected chi connectivity index (χ0v) is 16.5. The zero-order valence-electron chi connectivity index (χ0n) is 16.5. The molecule has 3 aliphatic rings. The van der Waals surface area contributed by atoms with Crippen LogP contribution in [0.4, 0.5) is 13.6 Å². The lowest BCUT2D eigenvalue weighted by atomic mass is 9.60. The SMILES string of the molecule is CC(F)(F)C[C@H](C(=O)NC1(C#N)CC1)C1N(C(N)=O)CCCC12CCCCC2. The van der Waals surface area contributed by atoms with Crippen LogP contribution in [0.3, 0.4) is 0 Å². The number of nitrogens with one attached hydrogen (secondary N) is 1. The number of alkyl halides is 2. The standard InChI is InChI=1S/C20H30F2N4O2/c1-18(21,22)12-14(16(27)25-20(13-23)9-10-20)15-19(6-3-2-4-7-19)8-5-11-26(15)17(24)28/h14-15H,2-12H2,1H3,(H2,24,28)(H,25,27)/t14-,15?/m0/s1. The number of primary amides is 1. The number of halogens is 2. The van der Waals surface area contributed by atoms with Crippen LogP contribution in [0.1, 0.15) is 71.1 Å². The average molecular weight is 396 g/mol. The number of hydrogen-bond donors (Lipinski definition) is 2. The minimum atomic E-state index is -3.07. The molecule has 2 aliphatic carbocycles. The highest BCUT2D eigenvalue weighted by atomic mass is 19.3. The van der Waals surface area contributed by atoms with Crippen LogP contribution in [0.5, 0.6) is 0 Å². The number of urea groups is 1. The van der Waals surface area contributed by atoms with Gasteiger partial charge < -0.3 is 16.0 Å². The quantitative estimate of drug-likeness (QED) is 0.746. The predicted molar refractivity (Wildman–Crippen MR) is 99.3 cm³/mol. The van der Waals surface area contributed by atoms with Crippen LogP contribution in [0.15, 0.2) is 0 Å². The first-order chi connectivity index (χ1) is 13.1. The maximum Gasteiger partial charge on any atom is 0.315 e. The van der Waals surface area contributed by atoms with Gasteiger partial charge in [0.1, 0.15) is 5.54 Å². The van der Waals surface area contributed by atoms with E-state index in [0.29, 0.717) is 19.4 Å². The summed E-state index contributed by atoms with van der Waals surface area (Å²) in [6.07, 6.45) is 6.58. The Hall–Kier alpha value is -1.91. The van der Waals surface area contributed by atoms with E-state index >= 15 is 0 Å². The van der Waals surface area contributed by atoms with Crippen LogP contribution in [0, 0.1) is 22.7 Å². The first-order valence-corrected chi connectivity index (χ1v) is 10.3. The maximum absolute atomic E-state index is 14.1. The van der Waals surface area contributed by atoms with E-state index in [1.165, 1.54) is 4.90 Å². The molecule has 0 aromatic carbocycles. The van der Waals surface area contributed by atoms with Crippen molar-refractivity contribution in [1.29, 1.82) is 5.26 Å². The molecular weight excluding hydrogens is 366 g/mol. The van der Waals surface area contributed by atoms with Crippen molar-refractivity contribution >= 4 is 11.9 Å². The summed E-state index contributed by atoms with van der Waals surface area (Å²) in [5, 5.41) is 12.0. The van der Waals surface area contributed by atoms with Crippen LogP contribution in [-0.2, 0) is 4.79 Å². The summed E-state index contributed by atoms with van der Waals surface area (Å²) >= 11 is 0. The molecule has 3 rings (SSSR count). The molecule has 0 radical (unpaired) electrons. The monoisotopic (exact) mass is 396 g/mol. The minimum Gasteiger partial charge on any atom is -0.351 e. The molecule has 2 saturated carbocycles. The van der Waals surface area contributed by atoms with Gasteiger partial charge in [-0.25, -0.2) is 13.6 Å². The first-order valence-electron chi connectivity index (χ1n) is 10.3. The number of amides is 3. The van der Waals surface area contributed by atoms with Crippen LogP contribution < -0.4 is 11.1 Å². The van der Waals surface area contributed by atoms with Crippen LogP contribution in [-0.4, -0.2) is 40.9 Å². The third-order valence-electron chi connectivity index (χ3n) is 6.79. The van der Waals surface area contributed by atoms with Crippen molar-refractivity contribution in [3.8, 4) is 6.07 Å². The molecule has 2 atom stereocenters. The van der Waals surface area contributed by atoms with Gasteiger partial charge in [0.15, 0.2) is 0 Å². The van der Waals surface area contributed by atoms with E-state index in [0.717, 1.165) is 51.9 Å². The minimum absolute atomic E-state index is 0.359. The van der Waals surface area contributed by atoms with Gasteiger partial charge in [-0.05, 0) is 50.9 Å². The van der Waals surface area contributed by atoms with Crippen LogP contribution >= 0.6 is 0 Å². The predicted octanol–water partition coefficient (Wildman–Crippen LogP) is 3.31. The fraction of sp³-hybridized carbons (Fsp3) is 0.850. The Labute approximate surface area is 164 Å². The molecule has 1 heterocycles. The van der Waals surface area contributed by atoms with Crippen molar-refractivity contribution in [2.45, 2.75) is 88.6 Å². The third kappa shape index (κ3) is 4.23. The van der Waals surface area contributed by atoms with E-state index in [-0.39, 0.29) is 5.41 Å². The largest absolute Gasteiger partial charge is 0.351 e. The van der Waals surface area contributed by atoms with Crippen molar-refractivity contribution in [3.63, 3.8) is 0 Å². The molecule has 1 aliphatic heterocycles. The van der Waals surface area contributed by atoms with Gasteiger partial charge in [0.25, 0.3) is 0 Å². The van der Waals surface area contributed by atoms with Crippen molar-refractivity contribution in [2.24, 2.45) is 17.1 Å². The molecule has 156 valence electrons. The molecule has 0 aromatic rings. The molecule has 0 bridgehead atoms. The van der Waals surface area contributed by atoms with Crippen molar-refractivity contribution in [2.75, 3.05) is 6.54 Å². The second kappa shape index (κ2) is 7.49. The molecule has 1 spiro atoms. The summed E-state index contributed by atoms with van der Waals surface area (Å²) in [5.74, 6) is -4.71. The summed E-state index contributed by atoms with van der Waals surface area (Å²) in [4.78, 5) is 26.8. The number of piperidine rings is 1. The summed E-state index contributed by atoms with van der Waals surface area (Å²) in [7, 11) is 0. The number of nitriles is 1. The number of likely N-dealkylation sites (tertiary alicyclic amines) is 1. The molecule has 3 N–H and O–H groups in total. The van der Waals surface area contributed by atoms with Crippen molar-refractivity contribution in [3.05, 3.63) is 0 Å². The molecule has 3 amide bonds. The zero-order chi connectivity index (χ0) is 20.6. The second-order valence-electron chi connectivity index (χ2n) is 9.07. The van der Waals surface area contributed by atoms with E-state index in [1.807, 2.05) is 0 Å². The highest BCUT2D eigenvalue weighted by molar-refractivity contribution is 5.83. The molecule has 6 nitrogen and oxygen atoms in total. The number of carbonyl (C=O) groups is 2. The fourth-order valence-electron chi connectivity index (χ4n) is 5.36. The van der Waals surface area contributed by atoms with Gasteiger partial charge in [0.2, 0.25) is 11.8 Å². The molecule has 0 aromatic heterocycles. The van der Waals surface area contributed by atoms with Gasteiger partial charge in [-0.1, -0.05) is 19.3 Å². The number of nitrogens with two attached hydrogens (primary N) is 1. The highest BCUT2D eigenvalue weighted by Crippen LogP contribution is 2.51. The van der Waals surface area contributed by atoms with Gasteiger partial charge in [0, 0.05) is 13.0 Å². The lowest BCUT2D eigenvalue weighted by Gasteiger charge is -2.54. The Bertz CT molecular complexity index is 655. The summed E-state index contributed by atoms with van der Waals surface area (Å²) in [6, 6.07) is 0.772. The number of nitrogens with zero attached hydrogens (tertiary/aromatic N) is 2. The Morgan fingerprint density at radius 2 is 1.82 bits per heavy atom. The molecule has 28 heavy (non-hydrogen) atoms. The van der Waals surface area contributed by atoms with E-state index in [9.17, 15) is 23.6 Å². The van der Waals surface area contributed by atoms with Crippen LogP contribution in [0.25, 0.3) is 0 Å². The van der Waals surface area contributed by atoms with Crippen molar-refractivity contribution in [1.82, 2.24) is 10.2 Å². The summed E-state index contributed by atoms with van der Waals surface area (Å²) < 4.78 is 28.2. The molecule has 3 fully saturated rings. The van der Waals surface area contributed by atoms with Gasteiger partial charge in [-0.15, -0.1) is 0 Å².